The number of aromatic nitrogens is 2. The molecule has 1 N–H and O–H groups in total. The summed E-state index contributed by atoms with van der Waals surface area (Å²) >= 11 is 0. The SMILES string of the molecule is CC(C)(C)OC(=O)N[C@H]1COC(C)(C)O[C@@H]1c1nccn1Cc1ccccc1. The smallest absolute Gasteiger partial charge is 0.408 e. The average molecular weight is 387 g/mol. The first-order valence-corrected chi connectivity index (χ1v) is 9.49. The van der Waals surface area contributed by atoms with Gasteiger partial charge in [0.05, 0.1) is 12.6 Å². The normalized spacial score (nSPS) is 21.9. The maximum absolute atomic E-state index is 12.3. The minimum atomic E-state index is -0.777. The Morgan fingerprint density at radius 1 is 1.32 bits per heavy atom. The highest BCUT2D eigenvalue weighted by molar-refractivity contribution is 5.68. The number of rotatable bonds is 4. The molecule has 1 fully saturated rings. The number of nitrogens with zero attached hydrogens (tertiary/aromatic N) is 2. The maximum atomic E-state index is 12.3. The van der Waals surface area contributed by atoms with E-state index in [4.69, 9.17) is 14.2 Å². The number of carbonyl (C=O) groups excluding carboxylic acids is 1. The van der Waals surface area contributed by atoms with Crippen LogP contribution >= 0.6 is 0 Å². The summed E-state index contributed by atoms with van der Waals surface area (Å²) in [6.45, 7) is 10.2. The van der Waals surface area contributed by atoms with Crippen molar-refractivity contribution in [2.45, 2.75) is 64.7 Å². The minimum Gasteiger partial charge on any atom is -0.444 e. The van der Waals surface area contributed by atoms with Crippen molar-refractivity contribution in [3.63, 3.8) is 0 Å². The molecule has 0 saturated carbocycles. The fourth-order valence-electron chi connectivity index (χ4n) is 3.10. The van der Waals surface area contributed by atoms with E-state index in [9.17, 15) is 4.79 Å². The van der Waals surface area contributed by atoms with Crippen LogP contribution in [0.3, 0.4) is 0 Å². The largest absolute Gasteiger partial charge is 0.444 e. The van der Waals surface area contributed by atoms with Crippen LogP contribution in [0.4, 0.5) is 4.79 Å². The lowest BCUT2D eigenvalue weighted by molar-refractivity contribution is -0.286. The van der Waals surface area contributed by atoms with Crippen molar-refractivity contribution in [2.24, 2.45) is 0 Å². The van der Waals surface area contributed by atoms with E-state index in [1.807, 2.05) is 63.6 Å². The zero-order valence-corrected chi connectivity index (χ0v) is 17.1. The van der Waals surface area contributed by atoms with Crippen LogP contribution < -0.4 is 5.32 Å². The second kappa shape index (κ2) is 7.93. The van der Waals surface area contributed by atoms with Gasteiger partial charge in [0.15, 0.2) is 5.79 Å². The number of carbonyl (C=O) groups is 1. The molecule has 2 heterocycles. The van der Waals surface area contributed by atoms with Gasteiger partial charge < -0.3 is 24.1 Å². The molecule has 1 saturated heterocycles. The summed E-state index contributed by atoms with van der Waals surface area (Å²) < 4.78 is 19.4. The number of nitrogens with one attached hydrogen (secondary N) is 1. The van der Waals surface area contributed by atoms with Gasteiger partial charge in [-0.1, -0.05) is 30.3 Å². The molecule has 1 amide bonds. The molecule has 2 aromatic rings. The van der Waals surface area contributed by atoms with Gasteiger partial charge >= 0.3 is 6.09 Å². The van der Waals surface area contributed by atoms with Crippen molar-refractivity contribution in [3.05, 3.63) is 54.1 Å². The molecule has 2 atom stereocenters. The van der Waals surface area contributed by atoms with Gasteiger partial charge in [0, 0.05) is 18.9 Å². The lowest BCUT2D eigenvalue weighted by atomic mass is 10.1. The highest BCUT2D eigenvalue weighted by Gasteiger charge is 2.41. The Morgan fingerprint density at radius 2 is 2.04 bits per heavy atom. The van der Waals surface area contributed by atoms with Gasteiger partial charge in [0.25, 0.3) is 0 Å². The summed E-state index contributed by atoms with van der Waals surface area (Å²) in [6.07, 6.45) is 2.69. The summed E-state index contributed by atoms with van der Waals surface area (Å²) in [5.41, 5.74) is 0.575. The lowest BCUT2D eigenvalue weighted by Gasteiger charge is -2.41. The quantitative estimate of drug-likeness (QED) is 0.867. The second-order valence-corrected chi connectivity index (χ2v) is 8.40. The van der Waals surface area contributed by atoms with Gasteiger partial charge in [-0.3, -0.25) is 0 Å². The number of imidazole rings is 1. The maximum Gasteiger partial charge on any atom is 0.408 e. The van der Waals surface area contributed by atoms with Crippen LogP contribution in [0.25, 0.3) is 0 Å². The van der Waals surface area contributed by atoms with Crippen LogP contribution in [-0.4, -0.2) is 39.7 Å². The van der Waals surface area contributed by atoms with Gasteiger partial charge in [-0.15, -0.1) is 0 Å². The summed E-state index contributed by atoms with van der Waals surface area (Å²) in [4.78, 5) is 16.8. The first kappa shape index (κ1) is 20.4. The number of benzene rings is 1. The van der Waals surface area contributed by atoms with Crippen molar-refractivity contribution >= 4 is 6.09 Å². The second-order valence-electron chi connectivity index (χ2n) is 8.40. The van der Waals surface area contributed by atoms with Gasteiger partial charge in [-0.05, 0) is 40.2 Å². The standard InChI is InChI=1S/C21H29N3O4/c1-20(2,3)28-19(25)23-16-14-26-21(4,5)27-17(16)18-22-11-12-24(18)13-15-9-7-6-8-10-15/h6-12,16-17H,13-14H2,1-5H3,(H,23,25)/t16-,17-/m0/s1. The zero-order chi connectivity index (χ0) is 20.4. The van der Waals surface area contributed by atoms with Crippen molar-refractivity contribution in [1.29, 1.82) is 0 Å². The number of ether oxygens (including phenoxy) is 3. The van der Waals surface area contributed by atoms with E-state index >= 15 is 0 Å². The van der Waals surface area contributed by atoms with Crippen molar-refractivity contribution in [3.8, 4) is 0 Å². The monoisotopic (exact) mass is 387 g/mol. The fraction of sp³-hybridized carbons (Fsp3) is 0.524. The zero-order valence-electron chi connectivity index (χ0n) is 17.1. The van der Waals surface area contributed by atoms with Crippen LogP contribution in [0, 0.1) is 0 Å². The predicted octanol–water partition coefficient (Wildman–Crippen LogP) is 3.65. The molecule has 3 rings (SSSR count). The Morgan fingerprint density at radius 3 is 2.71 bits per heavy atom. The molecular weight excluding hydrogens is 358 g/mol. The van der Waals surface area contributed by atoms with Gasteiger partial charge in [-0.25, -0.2) is 9.78 Å². The Labute approximate surface area is 166 Å². The van der Waals surface area contributed by atoms with E-state index < -0.39 is 29.6 Å². The highest BCUT2D eigenvalue weighted by Crippen LogP contribution is 2.32. The Bertz CT molecular complexity index is 795. The Kier molecular flexibility index (Phi) is 5.76. The topological polar surface area (TPSA) is 74.6 Å². The first-order chi connectivity index (χ1) is 13.1. The van der Waals surface area contributed by atoms with Crippen LogP contribution in [0.2, 0.25) is 0 Å². The first-order valence-electron chi connectivity index (χ1n) is 9.49. The van der Waals surface area contributed by atoms with E-state index in [0.29, 0.717) is 13.2 Å². The number of hydrogen-bond donors (Lipinski definition) is 1. The Hall–Kier alpha value is -2.38. The van der Waals surface area contributed by atoms with E-state index in [2.05, 4.69) is 22.4 Å². The van der Waals surface area contributed by atoms with E-state index in [0.717, 1.165) is 11.4 Å². The molecular formula is C21H29N3O4. The summed E-state index contributed by atoms with van der Waals surface area (Å²) in [6, 6.07) is 9.71. The molecule has 7 heteroatoms. The third-order valence-electron chi connectivity index (χ3n) is 4.29. The molecule has 0 radical (unpaired) electrons. The van der Waals surface area contributed by atoms with Crippen molar-refractivity contribution in [2.75, 3.05) is 6.61 Å². The van der Waals surface area contributed by atoms with Crippen molar-refractivity contribution in [1.82, 2.24) is 14.9 Å². The summed E-state index contributed by atoms with van der Waals surface area (Å²) in [5.74, 6) is -0.0402. The fourth-order valence-corrected chi connectivity index (χ4v) is 3.10. The third-order valence-corrected chi connectivity index (χ3v) is 4.29. The summed E-state index contributed by atoms with van der Waals surface area (Å²) in [5, 5.41) is 2.88. The van der Waals surface area contributed by atoms with E-state index in [1.165, 1.54) is 0 Å². The van der Waals surface area contributed by atoms with Crippen LogP contribution in [-0.2, 0) is 20.8 Å². The highest BCUT2D eigenvalue weighted by atomic mass is 16.7. The molecule has 0 aliphatic carbocycles. The molecule has 0 spiro atoms. The molecule has 0 unspecified atom stereocenters. The molecule has 0 bridgehead atoms. The lowest BCUT2D eigenvalue weighted by Crippen LogP contribution is -2.53. The molecule has 152 valence electrons. The molecule has 7 nitrogen and oxygen atoms in total. The van der Waals surface area contributed by atoms with Crippen LogP contribution in [0.15, 0.2) is 42.7 Å². The van der Waals surface area contributed by atoms with E-state index in [-0.39, 0.29) is 0 Å². The number of alkyl carbamates (subject to hydrolysis) is 1. The molecule has 1 aromatic heterocycles. The van der Waals surface area contributed by atoms with Gasteiger partial charge in [0.2, 0.25) is 0 Å². The molecule has 28 heavy (non-hydrogen) atoms. The summed E-state index contributed by atoms with van der Waals surface area (Å²) in [7, 11) is 0. The number of amides is 1. The minimum absolute atomic E-state index is 0.301. The van der Waals surface area contributed by atoms with Crippen LogP contribution in [0.5, 0.6) is 0 Å². The molecule has 1 aliphatic heterocycles. The predicted molar refractivity (Wildman–Crippen MR) is 105 cm³/mol. The third kappa shape index (κ3) is 5.33. The van der Waals surface area contributed by atoms with Gasteiger partial charge in [-0.2, -0.15) is 0 Å². The van der Waals surface area contributed by atoms with Gasteiger partial charge in [0.1, 0.15) is 17.5 Å². The molecule has 1 aliphatic rings. The van der Waals surface area contributed by atoms with Crippen LogP contribution in [0.1, 0.15) is 52.1 Å². The van der Waals surface area contributed by atoms with Crippen molar-refractivity contribution < 1.29 is 19.0 Å². The molecule has 1 aromatic carbocycles. The number of hydrogen-bond acceptors (Lipinski definition) is 5. The average Bonchev–Trinajstić information content (AvgIpc) is 3.03. The Balaban J connectivity index is 1.82. The van der Waals surface area contributed by atoms with E-state index in [1.54, 1.807) is 6.20 Å².